The number of rotatable bonds is 1. The second-order valence-electron chi connectivity index (χ2n) is 4.10. The highest BCUT2D eigenvalue weighted by Gasteiger charge is 2.31. The van der Waals surface area contributed by atoms with Gasteiger partial charge < -0.3 is 0 Å². The average molecular weight is 346 g/mol. The van der Waals surface area contributed by atoms with E-state index < -0.39 is 11.7 Å². The Kier molecular flexibility index (Phi) is 2.82. The third-order valence-corrected chi connectivity index (χ3v) is 3.40. The third kappa shape index (κ3) is 1.98. The molecule has 0 atom stereocenters. The van der Waals surface area contributed by atoms with Crippen LogP contribution >= 0.6 is 15.9 Å². The van der Waals surface area contributed by atoms with Crippen molar-refractivity contribution in [3.05, 3.63) is 34.7 Å². The fourth-order valence-corrected chi connectivity index (χ4v) is 2.21. The number of nitrogens with zero attached hydrogens (tertiary/aromatic N) is 5. The number of hydrogen-bond donors (Lipinski definition) is 0. The Morgan fingerprint density at radius 1 is 1.30 bits per heavy atom. The molecule has 0 saturated heterocycles. The summed E-state index contributed by atoms with van der Waals surface area (Å²) in [6, 6.07) is 2.68. The first kappa shape index (κ1) is 13.1. The normalized spacial score (nSPS) is 12.2. The molecule has 3 rings (SSSR count). The van der Waals surface area contributed by atoms with Crippen LogP contribution in [0.15, 0.2) is 29.1 Å². The first-order chi connectivity index (χ1) is 9.38. The molecule has 0 radical (unpaired) electrons. The lowest BCUT2D eigenvalue weighted by atomic mass is 10.2. The van der Waals surface area contributed by atoms with Crippen LogP contribution in [-0.4, -0.2) is 24.3 Å². The van der Waals surface area contributed by atoms with Gasteiger partial charge in [-0.1, -0.05) is 0 Å². The largest absolute Gasteiger partial charge is 0.417 e. The molecule has 3 aromatic heterocycles. The number of imidazole rings is 1. The van der Waals surface area contributed by atoms with Gasteiger partial charge in [-0.2, -0.15) is 23.0 Å². The topological polar surface area (TPSA) is 48.5 Å². The van der Waals surface area contributed by atoms with Crippen LogP contribution in [0.5, 0.6) is 0 Å². The zero-order chi connectivity index (χ0) is 14.5. The van der Waals surface area contributed by atoms with Crippen molar-refractivity contribution in [3.63, 3.8) is 0 Å². The maximum absolute atomic E-state index is 12.7. The molecule has 0 amide bonds. The number of aryl methyl sites for hydroxylation is 1. The van der Waals surface area contributed by atoms with E-state index in [-0.39, 0.29) is 5.52 Å². The van der Waals surface area contributed by atoms with Gasteiger partial charge >= 0.3 is 6.18 Å². The Morgan fingerprint density at radius 2 is 2.05 bits per heavy atom. The van der Waals surface area contributed by atoms with Gasteiger partial charge in [0.1, 0.15) is 10.1 Å². The van der Waals surface area contributed by atoms with Gasteiger partial charge in [-0.25, -0.2) is 9.97 Å². The van der Waals surface area contributed by atoms with E-state index >= 15 is 0 Å². The Morgan fingerprint density at radius 3 is 2.65 bits per heavy atom. The Bertz CT molecular complexity index is 789. The van der Waals surface area contributed by atoms with E-state index in [1.54, 1.807) is 23.9 Å². The molecule has 0 aliphatic carbocycles. The molecule has 20 heavy (non-hydrogen) atoms. The highest BCUT2D eigenvalue weighted by atomic mass is 79.9. The lowest BCUT2D eigenvalue weighted by Gasteiger charge is -2.05. The fraction of sp³-hybridized carbons (Fsp3) is 0.182. The van der Waals surface area contributed by atoms with Crippen LogP contribution in [0, 0.1) is 0 Å². The molecule has 0 N–H and O–H groups in total. The molecule has 0 spiro atoms. The van der Waals surface area contributed by atoms with Crippen LogP contribution in [0.4, 0.5) is 13.2 Å². The highest BCUT2D eigenvalue weighted by Crippen LogP contribution is 2.30. The van der Waals surface area contributed by atoms with Crippen LogP contribution in [0.1, 0.15) is 5.56 Å². The minimum Gasteiger partial charge on any atom is -0.296 e. The summed E-state index contributed by atoms with van der Waals surface area (Å²) < 4.78 is 41.7. The van der Waals surface area contributed by atoms with Gasteiger partial charge in [0.25, 0.3) is 0 Å². The van der Waals surface area contributed by atoms with Crippen LogP contribution in [0.25, 0.3) is 17.1 Å². The molecule has 9 heteroatoms. The molecule has 0 saturated carbocycles. The summed E-state index contributed by atoms with van der Waals surface area (Å²) in [4.78, 5) is 7.99. The zero-order valence-electron chi connectivity index (χ0n) is 10.1. The van der Waals surface area contributed by atoms with Crippen molar-refractivity contribution >= 4 is 27.1 Å². The van der Waals surface area contributed by atoms with Gasteiger partial charge in [0.2, 0.25) is 5.95 Å². The van der Waals surface area contributed by atoms with E-state index in [4.69, 9.17) is 0 Å². The number of aromatic nitrogens is 5. The van der Waals surface area contributed by atoms with Gasteiger partial charge in [0, 0.05) is 13.2 Å². The first-order valence-corrected chi connectivity index (χ1v) is 6.27. The fourth-order valence-electron chi connectivity index (χ4n) is 1.84. The SMILES string of the molecule is Cn1c(-n2nccc2Br)nc2cc(C(F)(F)F)cnc21. The van der Waals surface area contributed by atoms with Crippen molar-refractivity contribution in [2.24, 2.45) is 7.05 Å². The van der Waals surface area contributed by atoms with E-state index in [0.717, 1.165) is 12.3 Å². The zero-order valence-corrected chi connectivity index (χ0v) is 11.6. The molecule has 3 heterocycles. The van der Waals surface area contributed by atoms with Crippen molar-refractivity contribution in [1.82, 2.24) is 24.3 Å². The molecule has 0 aromatic carbocycles. The van der Waals surface area contributed by atoms with Gasteiger partial charge in [0.05, 0.1) is 11.8 Å². The van der Waals surface area contributed by atoms with E-state index in [1.807, 2.05) is 0 Å². The molecule has 0 bridgehead atoms. The maximum atomic E-state index is 12.7. The van der Waals surface area contributed by atoms with Crippen molar-refractivity contribution in [2.75, 3.05) is 0 Å². The van der Waals surface area contributed by atoms with E-state index in [9.17, 15) is 13.2 Å². The van der Waals surface area contributed by atoms with Crippen molar-refractivity contribution in [2.45, 2.75) is 6.18 Å². The van der Waals surface area contributed by atoms with Crippen LogP contribution in [0.3, 0.4) is 0 Å². The van der Waals surface area contributed by atoms with E-state index in [1.165, 1.54) is 4.68 Å². The van der Waals surface area contributed by atoms with Crippen LogP contribution in [0.2, 0.25) is 0 Å². The molecular formula is C11H7BrF3N5. The van der Waals surface area contributed by atoms with Crippen molar-refractivity contribution in [3.8, 4) is 5.95 Å². The molecule has 0 unspecified atom stereocenters. The summed E-state index contributed by atoms with van der Waals surface area (Å²) in [6.45, 7) is 0. The van der Waals surface area contributed by atoms with Crippen LogP contribution in [-0.2, 0) is 13.2 Å². The maximum Gasteiger partial charge on any atom is 0.417 e. The van der Waals surface area contributed by atoms with Gasteiger partial charge in [0.15, 0.2) is 5.65 Å². The first-order valence-electron chi connectivity index (χ1n) is 5.47. The average Bonchev–Trinajstić information content (AvgIpc) is 2.92. The Balaban J connectivity index is 2.22. The smallest absolute Gasteiger partial charge is 0.296 e. The molecule has 0 fully saturated rings. The summed E-state index contributed by atoms with van der Waals surface area (Å²) in [5.41, 5.74) is -0.302. The summed E-state index contributed by atoms with van der Waals surface area (Å²) >= 11 is 3.29. The van der Waals surface area contributed by atoms with Gasteiger partial charge in [-0.3, -0.25) is 4.57 Å². The number of halogens is 4. The molecule has 0 aliphatic rings. The highest BCUT2D eigenvalue weighted by molar-refractivity contribution is 9.10. The van der Waals surface area contributed by atoms with Crippen LogP contribution < -0.4 is 0 Å². The Labute approximate surface area is 119 Å². The third-order valence-electron chi connectivity index (χ3n) is 2.80. The standard InChI is InChI=1S/C11H7BrF3N5/c1-19-9-7(4-6(5-16-9)11(13,14)15)18-10(19)20-8(12)2-3-17-20/h2-5H,1H3. The van der Waals surface area contributed by atoms with Crippen molar-refractivity contribution < 1.29 is 13.2 Å². The molecule has 5 nitrogen and oxygen atoms in total. The minimum atomic E-state index is -4.44. The lowest BCUT2D eigenvalue weighted by Crippen LogP contribution is -2.06. The summed E-state index contributed by atoms with van der Waals surface area (Å²) in [7, 11) is 1.67. The molecule has 3 aromatic rings. The lowest BCUT2D eigenvalue weighted by molar-refractivity contribution is -0.137. The van der Waals surface area contributed by atoms with Crippen molar-refractivity contribution in [1.29, 1.82) is 0 Å². The predicted molar refractivity (Wildman–Crippen MR) is 68.3 cm³/mol. The van der Waals surface area contributed by atoms with E-state index in [2.05, 4.69) is 31.0 Å². The molecule has 104 valence electrons. The quantitative estimate of drug-likeness (QED) is 0.681. The van der Waals surface area contributed by atoms with E-state index in [0.29, 0.717) is 16.2 Å². The monoisotopic (exact) mass is 345 g/mol. The number of alkyl halides is 3. The summed E-state index contributed by atoms with van der Waals surface area (Å²) in [5.74, 6) is 0.378. The number of hydrogen-bond acceptors (Lipinski definition) is 3. The molecule has 0 aliphatic heterocycles. The predicted octanol–water partition coefficient (Wildman–Crippen LogP) is 2.94. The second kappa shape index (κ2) is 4.30. The van der Waals surface area contributed by atoms with Gasteiger partial charge in [-0.05, 0) is 28.1 Å². The summed E-state index contributed by atoms with van der Waals surface area (Å²) in [5, 5.41) is 4.05. The van der Waals surface area contributed by atoms with Gasteiger partial charge in [-0.15, -0.1) is 0 Å². The number of pyridine rings is 1. The second-order valence-corrected chi connectivity index (χ2v) is 4.91. The Hall–Kier alpha value is -1.90. The molecular weight excluding hydrogens is 339 g/mol. The summed E-state index contributed by atoms with van der Waals surface area (Å²) in [6.07, 6.45) is -2.09. The number of fused-ring (bicyclic) bond motifs is 1. The minimum absolute atomic E-state index is 0.166.